The van der Waals surface area contributed by atoms with Crippen molar-refractivity contribution in [2.75, 3.05) is 25.2 Å². The highest BCUT2D eigenvalue weighted by molar-refractivity contribution is 6.32. The first-order chi connectivity index (χ1) is 9.07. The number of likely N-dealkylation sites (N-methyl/N-ethyl adjacent to an activating group) is 1. The molecule has 19 heavy (non-hydrogen) atoms. The standard InChI is InChI=1S/C15H18ClN3/c1-11-13(5-4-12(8-17)14(11)16)19-9-15(6-3-7-15)18(2)10-19/h4-5H,3,6-7,9-10H2,1-2H3. The lowest BCUT2D eigenvalue weighted by atomic mass is 9.76. The lowest BCUT2D eigenvalue weighted by molar-refractivity contribution is 0.0916. The van der Waals surface area contributed by atoms with Crippen LogP contribution in [0.4, 0.5) is 5.69 Å². The second kappa shape index (κ2) is 4.40. The SMILES string of the molecule is Cc1c(N2CN(C)C3(CCC3)C2)ccc(C#N)c1Cl. The Morgan fingerprint density at radius 1 is 1.37 bits per heavy atom. The van der Waals surface area contributed by atoms with Gasteiger partial charge < -0.3 is 4.90 Å². The van der Waals surface area contributed by atoms with Gasteiger partial charge in [-0.05, 0) is 50.9 Å². The van der Waals surface area contributed by atoms with Gasteiger partial charge in [0.15, 0.2) is 0 Å². The molecule has 2 fully saturated rings. The Labute approximate surface area is 119 Å². The van der Waals surface area contributed by atoms with Crippen LogP contribution in [0.25, 0.3) is 0 Å². The van der Waals surface area contributed by atoms with E-state index in [1.807, 2.05) is 19.1 Å². The van der Waals surface area contributed by atoms with Crippen LogP contribution in [0, 0.1) is 18.3 Å². The van der Waals surface area contributed by atoms with Crippen molar-refractivity contribution in [2.45, 2.75) is 31.7 Å². The number of benzene rings is 1. The van der Waals surface area contributed by atoms with Crippen molar-refractivity contribution in [3.8, 4) is 6.07 Å². The Kier molecular flexibility index (Phi) is 2.96. The number of hydrogen-bond donors (Lipinski definition) is 0. The minimum atomic E-state index is 0.382. The zero-order chi connectivity index (χ0) is 13.6. The van der Waals surface area contributed by atoms with Crippen LogP contribution in [0.5, 0.6) is 0 Å². The summed E-state index contributed by atoms with van der Waals surface area (Å²) in [5, 5.41) is 9.61. The molecule has 0 bridgehead atoms. The minimum absolute atomic E-state index is 0.382. The summed E-state index contributed by atoms with van der Waals surface area (Å²) in [6.45, 7) is 4.03. The Morgan fingerprint density at radius 2 is 2.11 bits per heavy atom. The van der Waals surface area contributed by atoms with Crippen LogP contribution in [0.1, 0.15) is 30.4 Å². The third kappa shape index (κ3) is 1.82. The normalized spacial score (nSPS) is 21.5. The number of nitrogens with zero attached hydrogens (tertiary/aromatic N) is 3. The van der Waals surface area contributed by atoms with Gasteiger partial charge in [0, 0.05) is 17.8 Å². The number of rotatable bonds is 1. The van der Waals surface area contributed by atoms with E-state index in [1.165, 1.54) is 24.9 Å². The van der Waals surface area contributed by atoms with E-state index in [2.05, 4.69) is 22.9 Å². The third-order valence-electron chi connectivity index (χ3n) is 4.78. The van der Waals surface area contributed by atoms with E-state index in [0.29, 0.717) is 16.1 Å². The molecule has 1 aliphatic carbocycles. The summed E-state index contributed by atoms with van der Waals surface area (Å²) < 4.78 is 0. The first-order valence-corrected chi connectivity index (χ1v) is 7.11. The van der Waals surface area contributed by atoms with Crippen LogP contribution in [-0.2, 0) is 0 Å². The summed E-state index contributed by atoms with van der Waals surface area (Å²) in [5.41, 5.74) is 3.13. The highest BCUT2D eigenvalue weighted by Gasteiger charge is 2.47. The average molecular weight is 276 g/mol. The zero-order valence-electron chi connectivity index (χ0n) is 11.4. The van der Waals surface area contributed by atoms with E-state index in [-0.39, 0.29) is 0 Å². The van der Waals surface area contributed by atoms with Gasteiger partial charge >= 0.3 is 0 Å². The molecular formula is C15H18ClN3. The van der Waals surface area contributed by atoms with E-state index in [1.54, 1.807) is 0 Å². The van der Waals surface area contributed by atoms with Crippen LogP contribution in [-0.4, -0.2) is 30.7 Å². The van der Waals surface area contributed by atoms with Gasteiger partial charge in [-0.3, -0.25) is 4.90 Å². The molecule has 100 valence electrons. The van der Waals surface area contributed by atoms with Crippen molar-refractivity contribution >= 4 is 17.3 Å². The molecule has 1 saturated carbocycles. The monoisotopic (exact) mass is 275 g/mol. The van der Waals surface area contributed by atoms with Gasteiger partial charge in [0.1, 0.15) is 6.07 Å². The summed E-state index contributed by atoms with van der Waals surface area (Å²) in [6, 6.07) is 6.00. The molecule has 0 unspecified atom stereocenters. The van der Waals surface area contributed by atoms with Crippen molar-refractivity contribution in [3.63, 3.8) is 0 Å². The topological polar surface area (TPSA) is 30.3 Å². The lowest BCUT2D eigenvalue weighted by Gasteiger charge is -2.42. The molecule has 1 heterocycles. The van der Waals surface area contributed by atoms with Gasteiger partial charge in [0.2, 0.25) is 0 Å². The van der Waals surface area contributed by atoms with Gasteiger partial charge in [-0.2, -0.15) is 5.26 Å². The Hall–Kier alpha value is -1.24. The largest absolute Gasteiger partial charge is 0.356 e. The molecule has 1 spiro atoms. The highest BCUT2D eigenvalue weighted by Crippen LogP contribution is 2.43. The van der Waals surface area contributed by atoms with Gasteiger partial charge in [-0.15, -0.1) is 0 Å². The van der Waals surface area contributed by atoms with Gasteiger partial charge in [-0.25, -0.2) is 0 Å². The maximum Gasteiger partial charge on any atom is 0.101 e. The molecule has 0 aromatic heterocycles. The first-order valence-electron chi connectivity index (χ1n) is 6.73. The smallest absolute Gasteiger partial charge is 0.101 e. The van der Waals surface area contributed by atoms with Crippen LogP contribution in [0.2, 0.25) is 5.02 Å². The molecule has 0 atom stereocenters. The number of anilines is 1. The zero-order valence-corrected chi connectivity index (χ0v) is 12.2. The molecule has 1 saturated heterocycles. The predicted molar refractivity (Wildman–Crippen MR) is 77.5 cm³/mol. The van der Waals surface area contributed by atoms with E-state index >= 15 is 0 Å². The minimum Gasteiger partial charge on any atom is -0.356 e. The van der Waals surface area contributed by atoms with Crippen molar-refractivity contribution in [2.24, 2.45) is 0 Å². The predicted octanol–water partition coefficient (Wildman–Crippen LogP) is 3.15. The third-order valence-corrected chi connectivity index (χ3v) is 5.27. The van der Waals surface area contributed by atoms with E-state index < -0.39 is 0 Å². The van der Waals surface area contributed by atoms with Gasteiger partial charge in [-0.1, -0.05) is 11.6 Å². The van der Waals surface area contributed by atoms with Crippen molar-refractivity contribution < 1.29 is 0 Å². The number of hydrogen-bond acceptors (Lipinski definition) is 3. The second-order valence-electron chi connectivity index (χ2n) is 5.80. The fourth-order valence-corrected chi connectivity index (χ4v) is 3.52. The maximum atomic E-state index is 9.02. The fourth-order valence-electron chi connectivity index (χ4n) is 3.32. The summed E-state index contributed by atoms with van der Waals surface area (Å²) in [5.74, 6) is 0. The fraction of sp³-hybridized carbons (Fsp3) is 0.533. The molecule has 3 rings (SSSR count). The molecule has 1 aromatic rings. The molecule has 0 radical (unpaired) electrons. The van der Waals surface area contributed by atoms with E-state index in [0.717, 1.165) is 18.8 Å². The van der Waals surface area contributed by atoms with Crippen LogP contribution < -0.4 is 4.90 Å². The molecule has 2 aliphatic rings. The molecule has 0 N–H and O–H groups in total. The summed E-state index contributed by atoms with van der Waals surface area (Å²) >= 11 is 6.27. The highest BCUT2D eigenvalue weighted by atomic mass is 35.5. The van der Waals surface area contributed by atoms with Crippen molar-refractivity contribution in [1.29, 1.82) is 5.26 Å². The maximum absolute atomic E-state index is 9.02. The Bertz CT molecular complexity index is 557. The number of nitriles is 1. The lowest BCUT2D eigenvalue weighted by Crippen LogP contribution is -2.49. The van der Waals surface area contributed by atoms with Crippen molar-refractivity contribution in [3.05, 3.63) is 28.3 Å². The summed E-state index contributed by atoms with van der Waals surface area (Å²) in [7, 11) is 2.21. The van der Waals surface area contributed by atoms with Crippen LogP contribution in [0.3, 0.4) is 0 Å². The van der Waals surface area contributed by atoms with Crippen LogP contribution in [0.15, 0.2) is 12.1 Å². The average Bonchev–Trinajstić information content (AvgIpc) is 2.70. The molecule has 3 nitrogen and oxygen atoms in total. The molecule has 1 aliphatic heterocycles. The molecule has 0 amide bonds. The molecular weight excluding hydrogens is 258 g/mol. The summed E-state index contributed by atoms with van der Waals surface area (Å²) in [6.07, 6.45) is 3.93. The van der Waals surface area contributed by atoms with E-state index in [4.69, 9.17) is 16.9 Å². The Balaban J connectivity index is 1.92. The number of halogens is 1. The second-order valence-corrected chi connectivity index (χ2v) is 6.18. The van der Waals surface area contributed by atoms with Gasteiger partial charge in [0.25, 0.3) is 0 Å². The Morgan fingerprint density at radius 3 is 2.63 bits per heavy atom. The molecule has 4 heteroatoms. The van der Waals surface area contributed by atoms with Crippen molar-refractivity contribution in [1.82, 2.24) is 4.90 Å². The summed E-state index contributed by atoms with van der Waals surface area (Å²) in [4.78, 5) is 4.85. The quantitative estimate of drug-likeness (QED) is 0.789. The first kappa shape index (κ1) is 12.8. The van der Waals surface area contributed by atoms with Crippen LogP contribution >= 0.6 is 11.6 Å². The molecule has 1 aromatic carbocycles. The van der Waals surface area contributed by atoms with Gasteiger partial charge in [0.05, 0.1) is 17.3 Å². The van der Waals surface area contributed by atoms with E-state index in [9.17, 15) is 0 Å².